The number of carbonyl (C=O) groups is 1. The number of hydrogen-bond acceptors (Lipinski definition) is 4. The number of hydrogen-bond donors (Lipinski definition) is 1. The number of aromatic carboxylic acids is 1. The number of methoxy groups -OCH3 is 1. The fourth-order valence-corrected chi connectivity index (χ4v) is 2.21. The monoisotopic (exact) mass is 261 g/mol. The maximum Gasteiger partial charge on any atom is 0.374 e. The number of carboxylic acids is 1. The molecule has 1 heterocycles. The molecular formula is C14H15NO4. The molecule has 0 spiro atoms. The van der Waals surface area contributed by atoms with Crippen LogP contribution in [0, 0.1) is 20.8 Å². The first kappa shape index (κ1) is 13.1. The average molecular weight is 261 g/mol. The van der Waals surface area contributed by atoms with Crippen LogP contribution in [0.15, 0.2) is 16.9 Å². The summed E-state index contributed by atoms with van der Waals surface area (Å²) in [6, 6.07) is 1.87. The molecule has 0 fully saturated rings. The van der Waals surface area contributed by atoms with Gasteiger partial charge in [-0.05, 0) is 43.5 Å². The van der Waals surface area contributed by atoms with E-state index in [-0.39, 0.29) is 5.76 Å². The van der Waals surface area contributed by atoms with E-state index in [4.69, 9.17) is 14.3 Å². The van der Waals surface area contributed by atoms with Crippen molar-refractivity contribution in [1.82, 2.24) is 4.98 Å². The number of nitrogens with zero attached hydrogens (tertiary/aromatic N) is 1. The summed E-state index contributed by atoms with van der Waals surface area (Å²) in [6.07, 6.45) is 1.15. The molecule has 19 heavy (non-hydrogen) atoms. The SMILES string of the molecule is COc1c(C)cc(-c2ncoc2C(=O)O)c(C)c1C. The highest BCUT2D eigenvalue weighted by atomic mass is 16.5. The number of ether oxygens (including phenoxy) is 1. The van der Waals surface area contributed by atoms with Gasteiger partial charge in [-0.15, -0.1) is 0 Å². The predicted molar refractivity (Wildman–Crippen MR) is 69.7 cm³/mol. The van der Waals surface area contributed by atoms with Gasteiger partial charge in [-0.3, -0.25) is 0 Å². The van der Waals surface area contributed by atoms with Gasteiger partial charge in [0.1, 0.15) is 11.4 Å². The number of aromatic nitrogens is 1. The third-order valence-electron chi connectivity index (χ3n) is 3.25. The molecule has 1 aromatic carbocycles. The third kappa shape index (κ3) is 2.07. The molecule has 2 rings (SSSR count). The minimum Gasteiger partial charge on any atom is -0.496 e. The van der Waals surface area contributed by atoms with Crippen molar-refractivity contribution in [2.75, 3.05) is 7.11 Å². The van der Waals surface area contributed by atoms with Gasteiger partial charge in [-0.1, -0.05) is 0 Å². The fraction of sp³-hybridized carbons (Fsp3) is 0.286. The molecule has 0 aliphatic carbocycles. The Bertz CT molecular complexity index is 643. The van der Waals surface area contributed by atoms with E-state index < -0.39 is 5.97 Å². The number of oxazole rings is 1. The van der Waals surface area contributed by atoms with Gasteiger partial charge < -0.3 is 14.3 Å². The molecule has 5 nitrogen and oxygen atoms in total. The highest BCUT2D eigenvalue weighted by Gasteiger charge is 2.21. The summed E-state index contributed by atoms with van der Waals surface area (Å²) in [4.78, 5) is 15.1. The topological polar surface area (TPSA) is 72.6 Å². The average Bonchev–Trinajstić information content (AvgIpc) is 2.83. The van der Waals surface area contributed by atoms with Gasteiger partial charge in [0.2, 0.25) is 5.76 Å². The molecular weight excluding hydrogens is 246 g/mol. The molecule has 2 aromatic rings. The fourth-order valence-electron chi connectivity index (χ4n) is 2.21. The summed E-state index contributed by atoms with van der Waals surface area (Å²) in [6.45, 7) is 5.76. The summed E-state index contributed by atoms with van der Waals surface area (Å²) in [7, 11) is 1.62. The van der Waals surface area contributed by atoms with Gasteiger partial charge in [0.15, 0.2) is 6.39 Å². The lowest BCUT2D eigenvalue weighted by atomic mass is 9.96. The lowest BCUT2D eigenvalue weighted by molar-refractivity contribution is 0.0663. The van der Waals surface area contributed by atoms with Gasteiger partial charge >= 0.3 is 5.97 Å². The van der Waals surface area contributed by atoms with Crippen molar-refractivity contribution in [3.63, 3.8) is 0 Å². The second-order valence-electron chi connectivity index (χ2n) is 4.36. The quantitative estimate of drug-likeness (QED) is 0.919. The van der Waals surface area contributed by atoms with Crippen molar-refractivity contribution in [3.05, 3.63) is 34.9 Å². The van der Waals surface area contributed by atoms with E-state index in [9.17, 15) is 4.79 Å². The van der Waals surface area contributed by atoms with Crippen molar-refractivity contribution in [2.24, 2.45) is 0 Å². The van der Waals surface area contributed by atoms with Crippen LogP contribution in [0.2, 0.25) is 0 Å². The molecule has 0 bridgehead atoms. The Balaban J connectivity index is 2.70. The van der Waals surface area contributed by atoms with Crippen molar-refractivity contribution >= 4 is 5.97 Å². The number of aryl methyl sites for hydroxylation is 1. The molecule has 1 N–H and O–H groups in total. The van der Waals surface area contributed by atoms with E-state index in [1.165, 1.54) is 0 Å². The minimum atomic E-state index is -1.13. The van der Waals surface area contributed by atoms with Crippen molar-refractivity contribution in [1.29, 1.82) is 0 Å². The Hall–Kier alpha value is -2.30. The number of carboxylic acid groups (broad SMARTS) is 1. The Morgan fingerprint density at radius 2 is 2.00 bits per heavy atom. The molecule has 0 aliphatic heterocycles. The van der Waals surface area contributed by atoms with Crippen LogP contribution in [-0.4, -0.2) is 23.2 Å². The molecule has 100 valence electrons. The maximum absolute atomic E-state index is 11.1. The summed E-state index contributed by atoms with van der Waals surface area (Å²) in [5, 5.41) is 9.09. The van der Waals surface area contributed by atoms with Crippen molar-refractivity contribution in [3.8, 4) is 17.0 Å². The van der Waals surface area contributed by atoms with Crippen LogP contribution in [0.5, 0.6) is 5.75 Å². The summed E-state index contributed by atoms with van der Waals surface area (Å²) in [5.41, 5.74) is 3.93. The first-order valence-electron chi connectivity index (χ1n) is 5.79. The van der Waals surface area contributed by atoms with Crippen LogP contribution < -0.4 is 4.74 Å². The highest BCUT2D eigenvalue weighted by molar-refractivity contribution is 5.92. The van der Waals surface area contributed by atoms with Gasteiger partial charge in [0.25, 0.3) is 0 Å². The summed E-state index contributed by atoms with van der Waals surface area (Å²) < 4.78 is 10.3. The number of benzene rings is 1. The molecule has 5 heteroatoms. The van der Waals surface area contributed by atoms with Gasteiger partial charge in [-0.2, -0.15) is 0 Å². The van der Waals surface area contributed by atoms with E-state index in [1.54, 1.807) is 7.11 Å². The van der Waals surface area contributed by atoms with Crippen LogP contribution in [0.3, 0.4) is 0 Å². The zero-order valence-electron chi connectivity index (χ0n) is 11.3. The van der Waals surface area contributed by atoms with E-state index >= 15 is 0 Å². The van der Waals surface area contributed by atoms with E-state index in [0.29, 0.717) is 5.69 Å². The van der Waals surface area contributed by atoms with Gasteiger partial charge in [-0.25, -0.2) is 9.78 Å². The molecule has 0 unspecified atom stereocenters. The smallest absolute Gasteiger partial charge is 0.374 e. The molecule has 0 aliphatic rings. The summed E-state index contributed by atoms with van der Waals surface area (Å²) in [5.74, 6) is -0.466. The van der Waals surface area contributed by atoms with Crippen LogP contribution in [0.4, 0.5) is 0 Å². The zero-order chi connectivity index (χ0) is 14.2. The lowest BCUT2D eigenvalue weighted by Crippen LogP contribution is -2.01. The highest BCUT2D eigenvalue weighted by Crippen LogP contribution is 2.34. The zero-order valence-corrected chi connectivity index (χ0v) is 11.3. The first-order chi connectivity index (χ1) is 8.97. The van der Waals surface area contributed by atoms with Crippen LogP contribution in [0.25, 0.3) is 11.3 Å². The largest absolute Gasteiger partial charge is 0.496 e. The molecule has 1 aromatic heterocycles. The molecule has 0 radical (unpaired) electrons. The third-order valence-corrected chi connectivity index (χ3v) is 3.25. The molecule has 0 saturated heterocycles. The standard InChI is InChI=1S/C14H15NO4/c1-7-5-10(8(2)9(3)12(7)18-4)11-13(14(16)17)19-6-15-11/h5-6H,1-4H3,(H,16,17). The molecule has 0 atom stereocenters. The normalized spacial score (nSPS) is 10.5. The van der Waals surface area contributed by atoms with E-state index in [0.717, 1.165) is 34.4 Å². The van der Waals surface area contributed by atoms with Crippen molar-refractivity contribution in [2.45, 2.75) is 20.8 Å². The lowest BCUT2D eigenvalue weighted by Gasteiger charge is -2.14. The predicted octanol–water partition coefficient (Wildman–Crippen LogP) is 2.97. The second-order valence-corrected chi connectivity index (χ2v) is 4.36. The minimum absolute atomic E-state index is 0.146. The van der Waals surface area contributed by atoms with Crippen LogP contribution >= 0.6 is 0 Å². The van der Waals surface area contributed by atoms with E-state index in [2.05, 4.69) is 4.98 Å². The van der Waals surface area contributed by atoms with Crippen LogP contribution in [-0.2, 0) is 0 Å². The van der Waals surface area contributed by atoms with Gasteiger partial charge in [0, 0.05) is 5.56 Å². The maximum atomic E-state index is 11.1. The van der Waals surface area contributed by atoms with Crippen LogP contribution in [0.1, 0.15) is 27.2 Å². The Morgan fingerprint density at radius 1 is 1.32 bits per heavy atom. The summed E-state index contributed by atoms with van der Waals surface area (Å²) >= 11 is 0. The Labute approximate surface area is 110 Å². The van der Waals surface area contributed by atoms with Crippen molar-refractivity contribution < 1.29 is 19.1 Å². The Kier molecular flexibility index (Phi) is 3.29. The van der Waals surface area contributed by atoms with E-state index in [1.807, 2.05) is 26.8 Å². The molecule has 0 saturated carbocycles. The Morgan fingerprint density at radius 3 is 2.58 bits per heavy atom. The molecule has 0 amide bonds. The van der Waals surface area contributed by atoms with Gasteiger partial charge in [0.05, 0.1) is 7.11 Å². The first-order valence-corrected chi connectivity index (χ1v) is 5.79. The number of rotatable bonds is 3. The second kappa shape index (κ2) is 4.76.